The first-order chi connectivity index (χ1) is 16.4. The minimum atomic E-state index is -0.821. The quantitative estimate of drug-likeness (QED) is 0.601. The lowest BCUT2D eigenvalue weighted by Gasteiger charge is -2.29. The number of ether oxygens (including phenoxy) is 4. The zero-order valence-electron chi connectivity index (χ0n) is 19.4. The van der Waals surface area contributed by atoms with Crippen LogP contribution in [-0.4, -0.2) is 25.9 Å². The molecule has 0 aliphatic carbocycles. The second-order valence-electron chi connectivity index (χ2n) is 7.79. The highest BCUT2D eigenvalue weighted by atomic mass is 16.5. The third-order valence-electron chi connectivity index (χ3n) is 5.92. The maximum Gasteiger partial charge on any atom is 0.259 e. The highest BCUT2D eigenvalue weighted by Crippen LogP contribution is 2.48. The van der Waals surface area contributed by atoms with Gasteiger partial charge >= 0.3 is 0 Å². The van der Waals surface area contributed by atoms with E-state index in [9.17, 15) is 10.1 Å². The first kappa shape index (κ1) is 22.8. The fourth-order valence-electron chi connectivity index (χ4n) is 4.31. The van der Waals surface area contributed by atoms with Crippen LogP contribution in [0.3, 0.4) is 0 Å². The van der Waals surface area contributed by atoms with E-state index in [2.05, 4.69) is 6.07 Å². The van der Waals surface area contributed by atoms with Gasteiger partial charge in [-0.25, -0.2) is 0 Å². The monoisotopic (exact) mass is 459 g/mol. The Morgan fingerprint density at radius 3 is 2.38 bits per heavy atom. The first-order valence-corrected chi connectivity index (χ1v) is 10.6. The minimum absolute atomic E-state index is 0.0588. The Morgan fingerprint density at radius 2 is 1.76 bits per heavy atom. The molecular weight excluding hydrogens is 434 g/mol. The summed E-state index contributed by atoms with van der Waals surface area (Å²) in [7, 11) is 4.50. The van der Waals surface area contributed by atoms with Gasteiger partial charge in [0.15, 0.2) is 11.5 Å². The molecular formula is C26H25N3O5. The van der Waals surface area contributed by atoms with Crippen LogP contribution in [0.1, 0.15) is 28.3 Å². The molecule has 8 nitrogen and oxygen atoms in total. The van der Waals surface area contributed by atoms with Crippen LogP contribution in [0, 0.1) is 18.3 Å². The first-order valence-electron chi connectivity index (χ1n) is 10.6. The largest absolute Gasteiger partial charge is 0.493 e. The lowest BCUT2D eigenvalue weighted by atomic mass is 9.83. The van der Waals surface area contributed by atoms with Gasteiger partial charge in [-0.15, -0.1) is 0 Å². The number of aromatic nitrogens is 1. The van der Waals surface area contributed by atoms with Gasteiger partial charge < -0.3 is 29.2 Å². The van der Waals surface area contributed by atoms with Crippen LogP contribution in [0.15, 0.2) is 64.8 Å². The molecule has 0 spiro atoms. The van der Waals surface area contributed by atoms with Gasteiger partial charge in [-0.1, -0.05) is 36.4 Å². The maximum absolute atomic E-state index is 13.9. The lowest BCUT2D eigenvalue weighted by molar-refractivity contribution is 0.321. The number of benzene rings is 2. The number of rotatable bonds is 6. The van der Waals surface area contributed by atoms with Crippen molar-refractivity contribution in [3.05, 3.63) is 92.7 Å². The zero-order valence-corrected chi connectivity index (χ0v) is 19.4. The van der Waals surface area contributed by atoms with Crippen LogP contribution in [0.4, 0.5) is 0 Å². The molecule has 1 atom stereocenters. The molecule has 2 aromatic carbocycles. The highest BCUT2D eigenvalue weighted by Gasteiger charge is 2.37. The molecule has 1 aromatic heterocycles. The predicted molar refractivity (Wildman–Crippen MR) is 126 cm³/mol. The van der Waals surface area contributed by atoms with Gasteiger partial charge in [0, 0.05) is 17.3 Å². The van der Waals surface area contributed by atoms with E-state index in [-0.39, 0.29) is 17.0 Å². The lowest BCUT2D eigenvalue weighted by Crippen LogP contribution is -2.33. The number of hydrogen-bond donors (Lipinski definition) is 1. The number of fused-ring (bicyclic) bond motifs is 1. The van der Waals surface area contributed by atoms with E-state index < -0.39 is 5.92 Å². The summed E-state index contributed by atoms with van der Waals surface area (Å²) in [6.07, 6.45) is 0. The van der Waals surface area contributed by atoms with Gasteiger partial charge in [0.25, 0.3) is 5.56 Å². The fraction of sp³-hybridized carbons (Fsp3) is 0.231. The van der Waals surface area contributed by atoms with Crippen LogP contribution in [0.25, 0.3) is 0 Å². The number of pyridine rings is 1. The Bertz CT molecular complexity index is 1370. The van der Waals surface area contributed by atoms with E-state index in [1.165, 1.54) is 21.3 Å². The van der Waals surface area contributed by atoms with Crippen molar-refractivity contribution >= 4 is 0 Å². The molecule has 0 saturated carbocycles. The standard InChI is InChI=1S/C26H25N3O5/c1-15-12-20-22(26(30)29(15)14-16-8-6-5-7-9-16)21(18(13-27)25(28)34-20)17-10-11-19(31-2)24(33-4)23(17)32-3/h5-12,21H,14,28H2,1-4H3/t21-/m0/s1. The molecule has 2 N–H and O–H groups in total. The predicted octanol–water partition coefficient (Wildman–Crippen LogP) is 3.45. The molecule has 34 heavy (non-hydrogen) atoms. The maximum atomic E-state index is 13.9. The Labute approximate surface area is 197 Å². The van der Waals surface area contributed by atoms with E-state index in [0.717, 1.165) is 5.56 Å². The third-order valence-corrected chi connectivity index (χ3v) is 5.92. The van der Waals surface area contributed by atoms with E-state index in [1.807, 2.05) is 37.3 Å². The molecule has 0 saturated heterocycles. The van der Waals surface area contributed by atoms with Gasteiger partial charge in [-0.3, -0.25) is 4.79 Å². The van der Waals surface area contributed by atoms with E-state index >= 15 is 0 Å². The summed E-state index contributed by atoms with van der Waals surface area (Å²) >= 11 is 0. The summed E-state index contributed by atoms with van der Waals surface area (Å²) < 4.78 is 24.0. The summed E-state index contributed by atoms with van der Waals surface area (Å²) in [5, 5.41) is 9.99. The molecule has 1 aliphatic heterocycles. The van der Waals surface area contributed by atoms with Crippen molar-refractivity contribution in [2.45, 2.75) is 19.4 Å². The Morgan fingerprint density at radius 1 is 1.06 bits per heavy atom. The van der Waals surface area contributed by atoms with E-state index in [1.54, 1.807) is 22.8 Å². The molecule has 3 aromatic rings. The summed E-state index contributed by atoms with van der Waals surface area (Å²) in [4.78, 5) is 13.9. The van der Waals surface area contributed by atoms with Gasteiger partial charge in [0.1, 0.15) is 17.4 Å². The summed E-state index contributed by atoms with van der Waals surface area (Å²) in [5.41, 5.74) is 8.50. The van der Waals surface area contributed by atoms with Crippen molar-refractivity contribution < 1.29 is 18.9 Å². The number of aryl methyl sites for hydroxylation is 1. The van der Waals surface area contributed by atoms with Gasteiger partial charge in [0.2, 0.25) is 11.6 Å². The van der Waals surface area contributed by atoms with Gasteiger partial charge in [0.05, 0.1) is 39.4 Å². The highest BCUT2D eigenvalue weighted by molar-refractivity contribution is 5.64. The summed E-state index contributed by atoms with van der Waals surface area (Å²) in [6, 6.07) is 17.0. The van der Waals surface area contributed by atoms with Crippen molar-refractivity contribution in [2.24, 2.45) is 5.73 Å². The van der Waals surface area contributed by atoms with Crippen molar-refractivity contribution in [1.82, 2.24) is 4.57 Å². The molecule has 1 aliphatic rings. The molecule has 8 heteroatoms. The summed E-state index contributed by atoms with van der Waals surface area (Å²) in [5.74, 6) is 0.578. The topological polar surface area (TPSA) is 109 Å². The molecule has 174 valence electrons. The van der Waals surface area contributed by atoms with Gasteiger partial charge in [-0.05, 0) is 18.6 Å². The van der Waals surface area contributed by atoms with Crippen molar-refractivity contribution in [1.29, 1.82) is 5.26 Å². The number of nitriles is 1. The molecule has 0 amide bonds. The number of hydrogen-bond acceptors (Lipinski definition) is 7. The van der Waals surface area contributed by atoms with E-state index in [0.29, 0.717) is 46.4 Å². The normalized spacial score (nSPS) is 14.6. The van der Waals surface area contributed by atoms with Crippen LogP contribution in [-0.2, 0) is 6.54 Å². The third kappa shape index (κ3) is 3.71. The number of methoxy groups -OCH3 is 3. The Kier molecular flexibility index (Phi) is 6.19. The molecule has 0 unspecified atom stereocenters. The number of allylic oxidation sites excluding steroid dienone is 1. The van der Waals surface area contributed by atoms with Crippen molar-refractivity contribution in [3.63, 3.8) is 0 Å². The van der Waals surface area contributed by atoms with Crippen molar-refractivity contribution in [3.8, 4) is 29.1 Å². The van der Waals surface area contributed by atoms with Crippen LogP contribution in [0.5, 0.6) is 23.0 Å². The second-order valence-corrected chi connectivity index (χ2v) is 7.79. The minimum Gasteiger partial charge on any atom is -0.493 e. The average molecular weight is 460 g/mol. The Hall–Kier alpha value is -4.38. The van der Waals surface area contributed by atoms with Crippen LogP contribution >= 0.6 is 0 Å². The smallest absolute Gasteiger partial charge is 0.259 e. The molecule has 4 rings (SSSR count). The molecule has 0 fully saturated rings. The number of nitrogens with zero attached hydrogens (tertiary/aromatic N) is 2. The second kappa shape index (κ2) is 9.24. The SMILES string of the molecule is COc1ccc([C@H]2C(C#N)=C(N)Oc3cc(C)n(Cc4ccccc4)c(=O)c32)c(OC)c1OC. The zero-order chi connectivity index (χ0) is 24.4. The fourth-order valence-corrected chi connectivity index (χ4v) is 4.31. The average Bonchev–Trinajstić information content (AvgIpc) is 2.85. The molecule has 0 bridgehead atoms. The van der Waals surface area contributed by atoms with Crippen LogP contribution < -0.4 is 30.2 Å². The van der Waals surface area contributed by atoms with E-state index in [4.69, 9.17) is 24.7 Å². The molecule has 0 radical (unpaired) electrons. The number of nitrogens with two attached hydrogens (primary N) is 1. The molecule has 2 heterocycles. The summed E-state index contributed by atoms with van der Waals surface area (Å²) in [6.45, 7) is 2.20. The van der Waals surface area contributed by atoms with Crippen LogP contribution in [0.2, 0.25) is 0 Å². The Balaban J connectivity index is 2.00. The van der Waals surface area contributed by atoms with Crippen molar-refractivity contribution in [2.75, 3.05) is 21.3 Å². The van der Waals surface area contributed by atoms with Gasteiger partial charge in [-0.2, -0.15) is 5.26 Å².